The van der Waals surface area contributed by atoms with Gasteiger partial charge in [0.2, 0.25) is 0 Å². The van der Waals surface area contributed by atoms with E-state index < -0.39 is 49.4 Å². The zero-order valence-corrected chi connectivity index (χ0v) is 21.6. The number of ether oxygens (including phenoxy) is 2. The van der Waals surface area contributed by atoms with Crippen LogP contribution in [0, 0.1) is 40.4 Å². The number of ketones is 1. The summed E-state index contributed by atoms with van der Waals surface area (Å²) < 4.78 is 11.3. The van der Waals surface area contributed by atoms with Crippen LogP contribution in [0.4, 0.5) is 0 Å². The van der Waals surface area contributed by atoms with Crippen LogP contribution in [-0.4, -0.2) is 91.9 Å². The van der Waals surface area contributed by atoms with Crippen molar-refractivity contribution in [2.45, 2.75) is 108 Å². The summed E-state index contributed by atoms with van der Waals surface area (Å²) in [6.45, 7) is 3.95. The summed E-state index contributed by atoms with van der Waals surface area (Å²) in [6, 6.07) is 0. The van der Waals surface area contributed by atoms with Gasteiger partial charge in [-0.15, -0.1) is 0 Å². The lowest BCUT2D eigenvalue weighted by molar-refractivity contribution is -0.310. The van der Waals surface area contributed by atoms with Crippen LogP contribution >= 0.6 is 0 Å². The van der Waals surface area contributed by atoms with Crippen LogP contribution in [0.15, 0.2) is 0 Å². The molecular formula is C27H42O10. The second-order valence-electron chi connectivity index (χ2n) is 12.9. The quantitative estimate of drug-likeness (QED) is 0.276. The highest BCUT2D eigenvalue weighted by Gasteiger charge is 2.64. The molecule has 5 rings (SSSR count). The van der Waals surface area contributed by atoms with E-state index in [2.05, 4.69) is 13.8 Å². The molecule has 1 heterocycles. The van der Waals surface area contributed by atoms with E-state index in [0.717, 1.165) is 32.1 Å². The molecule has 4 aliphatic carbocycles. The van der Waals surface area contributed by atoms with E-state index >= 15 is 0 Å². The smallest absolute Gasteiger partial charge is 0.335 e. The first-order valence-corrected chi connectivity index (χ1v) is 13.8. The van der Waals surface area contributed by atoms with Crippen LogP contribution in [0.25, 0.3) is 0 Å². The van der Waals surface area contributed by atoms with E-state index in [0.29, 0.717) is 31.1 Å². The fraction of sp³-hybridized carbons (Fsp3) is 0.926. The van der Waals surface area contributed by atoms with Crippen LogP contribution in [0.2, 0.25) is 0 Å². The van der Waals surface area contributed by atoms with Crippen LogP contribution in [0.3, 0.4) is 0 Å². The maximum Gasteiger partial charge on any atom is 0.335 e. The first-order valence-electron chi connectivity index (χ1n) is 13.8. The molecule has 10 heteroatoms. The fourth-order valence-electron chi connectivity index (χ4n) is 9.46. The van der Waals surface area contributed by atoms with Crippen molar-refractivity contribution in [3.05, 3.63) is 0 Å². The second-order valence-corrected chi connectivity index (χ2v) is 12.9. The molecule has 1 aliphatic heterocycles. The van der Waals surface area contributed by atoms with Gasteiger partial charge in [-0.25, -0.2) is 4.79 Å². The van der Waals surface area contributed by atoms with Crippen molar-refractivity contribution in [3.63, 3.8) is 0 Å². The van der Waals surface area contributed by atoms with Crippen molar-refractivity contribution in [2.24, 2.45) is 40.4 Å². The predicted molar refractivity (Wildman–Crippen MR) is 128 cm³/mol. The Balaban J connectivity index is 1.29. The summed E-state index contributed by atoms with van der Waals surface area (Å²) >= 11 is 0. The lowest BCUT2D eigenvalue weighted by atomic mass is 9.44. The van der Waals surface area contributed by atoms with E-state index in [9.17, 15) is 40.2 Å². The minimum atomic E-state index is -1.75. The predicted octanol–water partition coefficient (Wildman–Crippen LogP) is 0.455. The highest BCUT2D eigenvalue weighted by atomic mass is 16.7. The molecule has 5 fully saturated rings. The number of hydrogen-bond acceptors (Lipinski definition) is 9. The van der Waals surface area contributed by atoms with E-state index in [4.69, 9.17) is 9.47 Å². The Bertz CT molecular complexity index is 896. The van der Waals surface area contributed by atoms with Gasteiger partial charge in [-0.3, -0.25) is 4.79 Å². The van der Waals surface area contributed by atoms with Gasteiger partial charge < -0.3 is 40.1 Å². The maximum absolute atomic E-state index is 12.5. The lowest BCUT2D eigenvalue weighted by Gasteiger charge is -2.62. The zero-order valence-electron chi connectivity index (χ0n) is 21.6. The average Bonchev–Trinajstić information content (AvgIpc) is 3.19. The molecule has 0 spiro atoms. The summed E-state index contributed by atoms with van der Waals surface area (Å²) in [6.07, 6.45) is -2.61. The largest absolute Gasteiger partial charge is 0.479 e. The standard InChI is InChI=1S/C27H42O10/c1-26-8-7-13(36-25-22(33)20(31)21(32)23(37-25)24(34)35)9-12(26)3-4-14-15-5-6-16(18(30)11-28)27(15,2)10-17(29)19(14)26/h12-17,19-23,25,28-29,31-33H,3-11H2,1-2H3,(H,34,35)/t12?,13-,14?,15?,16?,17?,19?,20?,21?,22?,23+,25-,26?,27?/m1/s1. The van der Waals surface area contributed by atoms with Crippen molar-refractivity contribution >= 4 is 11.8 Å². The van der Waals surface area contributed by atoms with Crippen LogP contribution in [0.5, 0.6) is 0 Å². The molecule has 0 amide bonds. The number of carbonyl (C=O) groups excluding carboxylic acids is 1. The molecule has 0 aromatic heterocycles. The summed E-state index contributed by atoms with van der Waals surface area (Å²) in [5, 5.41) is 60.8. The van der Waals surface area contributed by atoms with E-state index in [1.165, 1.54) is 0 Å². The molecule has 1 saturated heterocycles. The second kappa shape index (κ2) is 9.80. The van der Waals surface area contributed by atoms with Gasteiger partial charge in [0.05, 0.1) is 12.2 Å². The van der Waals surface area contributed by atoms with Crippen molar-refractivity contribution in [1.82, 2.24) is 0 Å². The molecule has 37 heavy (non-hydrogen) atoms. The summed E-state index contributed by atoms with van der Waals surface area (Å²) in [5.74, 6) is -0.705. The number of carbonyl (C=O) groups is 2. The maximum atomic E-state index is 12.5. The summed E-state index contributed by atoms with van der Waals surface area (Å²) in [7, 11) is 0. The third kappa shape index (κ3) is 4.27. The number of fused-ring (bicyclic) bond motifs is 5. The number of aliphatic hydroxyl groups excluding tert-OH is 5. The molecule has 4 saturated carbocycles. The first kappa shape index (κ1) is 27.4. The molecule has 6 N–H and O–H groups in total. The molecule has 0 radical (unpaired) electrons. The highest BCUT2D eigenvalue weighted by Crippen LogP contribution is 2.67. The highest BCUT2D eigenvalue weighted by molar-refractivity contribution is 5.83. The Morgan fingerprint density at radius 1 is 0.946 bits per heavy atom. The molecule has 10 nitrogen and oxygen atoms in total. The van der Waals surface area contributed by atoms with Gasteiger partial charge in [0.15, 0.2) is 18.2 Å². The van der Waals surface area contributed by atoms with Crippen molar-refractivity contribution < 1.29 is 49.7 Å². The molecule has 14 atom stereocenters. The van der Waals surface area contributed by atoms with Crippen LogP contribution < -0.4 is 0 Å². The molecule has 5 aliphatic rings. The van der Waals surface area contributed by atoms with E-state index in [-0.39, 0.29) is 40.5 Å². The Hall–Kier alpha value is -1.14. The summed E-state index contributed by atoms with van der Waals surface area (Å²) in [5.41, 5.74) is -0.404. The fourth-order valence-corrected chi connectivity index (χ4v) is 9.46. The molecule has 0 bridgehead atoms. The number of carboxylic acids is 1. The Morgan fingerprint density at radius 3 is 2.35 bits per heavy atom. The SMILES string of the molecule is CC12CC(O)C3C(CCC4C[C@H](O[C@@H]5O[C@H](C(=O)O)C(O)C(O)C5O)CCC43C)C1CCC2C(=O)CO. The molecule has 11 unspecified atom stereocenters. The number of carboxylic acid groups (broad SMARTS) is 1. The van der Waals surface area contributed by atoms with Crippen molar-refractivity contribution in [2.75, 3.05) is 6.61 Å². The third-order valence-corrected chi connectivity index (χ3v) is 11.2. The number of aliphatic carboxylic acids is 1. The Kier molecular flexibility index (Phi) is 7.26. The molecule has 0 aromatic carbocycles. The van der Waals surface area contributed by atoms with Crippen molar-refractivity contribution in [3.8, 4) is 0 Å². The molecule has 210 valence electrons. The van der Waals surface area contributed by atoms with E-state index in [1.54, 1.807) is 0 Å². The lowest BCUT2D eigenvalue weighted by Crippen LogP contribution is -2.62. The topological polar surface area (TPSA) is 174 Å². The number of aliphatic hydroxyl groups is 5. The van der Waals surface area contributed by atoms with Gasteiger partial charge in [-0.2, -0.15) is 0 Å². The number of rotatable bonds is 5. The van der Waals surface area contributed by atoms with E-state index in [1.807, 2.05) is 0 Å². The number of Topliss-reactive ketones (excluding diaryl/α,β-unsaturated/α-hetero) is 1. The minimum absolute atomic E-state index is 0.108. The zero-order chi connectivity index (χ0) is 26.9. The Labute approximate surface area is 217 Å². The molecule has 0 aromatic rings. The Morgan fingerprint density at radius 2 is 1.68 bits per heavy atom. The minimum Gasteiger partial charge on any atom is -0.479 e. The van der Waals surface area contributed by atoms with Gasteiger partial charge in [0.25, 0.3) is 0 Å². The summed E-state index contributed by atoms with van der Waals surface area (Å²) in [4.78, 5) is 24.0. The average molecular weight is 527 g/mol. The monoisotopic (exact) mass is 526 g/mol. The molecular weight excluding hydrogens is 484 g/mol. The van der Waals surface area contributed by atoms with Gasteiger partial charge in [0, 0.05) is 5.92 Å². The van der Waals surface area contributed by atoms with Gasteiger partial charge in [-0.05, 0) is 85.9 Å². The van der Waals surface area contributed by atoms with Crippen LogP contribution in [0.1, 0.15) is 65.2 Å². The van der Waals surface area contributed by atoms with Crippen LogP contribution in [-0.2, 0) is 19.1 Å². The number of hydrogen-bond donors (Lipinski definition) is 6. The van der Waals surface area contributed by atoms with Gasteiger partial charge in [0.1, 0.15) is 24.9 Å². The van der Waals surface area contributed by atoms with Gasteiger partial charge >= 0.3 is 5.97 Å². The van der Waals surface area contributed by atoms with Crippen molar-refractivity contribution in [1.29, 1.82) is 0 Å². The first-order chi connectivity index (χ1) is 17.4. The van der Waals surface area contributed by atoms with Gasteiger partial charge in [-0.1, -0.05) is 13.8 Å². The third-order valence-electron chi connectivity index (χ3n) is 11.2. The normalized spacial score (nSPS) is 53.6.